The molecule has 0 bridgehead atoms. The maximum absolute atomic E-state index is 5.69. The van der Waals surface area contributed by atoms with Crippen LogP contribution in [0.15, 0.2) is 0 Å². The van der Waals surface area contributed by atoms with Gasteiger partial charge < -0.3 is 10.1 Å². The highest BCUT2D eigenvalue weighted by atomic mass is 16.5. The molecule has 3 nitrogen and oxygen atoms in total. The van der Waals surface area contributed by atoms with E-state index >= 15 is 0 Å². The Morgan fingerprint density at radius 2 is 2.11 bits per heavy atom. The number of hydrogen-bond donors (Lipinski definition) is 1. The van der Waals surface area contributed by atoms with Gasteiger partial charge in [-0.2, -0.15) is 0 Å². The highest BCUT2D eigenvalue weighted by molar-refractivity contribution is 4.89. The molecule has 0 aromatic rings. The molecule has 106 valence electrons. The van der Waals surface area contributed by atoms with Crippen molar-refractivity contribution in [1.29, 1.82) is 0 Å². The average molecular weight is 254 g/mol. The molecule has 3 heteroatoms. The molecule has 1 N–H and O–H groups in total. The van der Waals surface area contributed by atoms with Gasteiger partial charge in [0, 0.05) is 19.2 Å². The smallest absolute Gasteiger partial charge is 0.0604 e. The Kier molecular flexibility index (Phi) is 5.93. The molecule has 2 fully saturated rings. The second-order valence-corrected chi connectivity index (χ2v) is 5.91. The van der Waals surface area contributed by atoms with Crippen molar-refractivity contribution in [2.75, 3.05) is 32.8 Å². The Balaban J connectivity index is 1.73. The van der Waals surface area contributed by atoms with Crippen molar-refractivity contribution >= 4 is 0 Å². The van der Waals surface area contributed by atoms with E-state index in [-0.39, 0.29) is 0 Å². The van der Waals surface area contributed by atoms with Crippen LogP contribution in [0.4, 0.5) is 0 Å². The molecule has 2 aliphatic rings. The van der Waals surface area contributed by atoms with Gasteiger partial charge in [-0.05, 0) is 64.6 Å². The van der Waals surface area contributed by atoms with Gasteiger partial charge in [0.05, 0.1) is 6.10 Å². The van der Waals surface area contributed by atoms with Gasteiger partial charge in [-0.25, -0.2) is 0 Å². The summed E-state index contributed by atoms with van der Waals surface area (Å²) in [6.45, 7) is 10.3. The van der Waals surface area contributed by atoms with Gasteiger partial charge >= 0.3 is 0 Å². The molecule has 1 aliphatic heterocycles. The molecule has 1 heterocycles. The van der Waals surface area contributed by atoms with Crippen LogP contribution in [0.3, 0.4) is 0 Å². The lowest BCUT2D eigenvalue weighted by Crippen LogP contribution is -2.51. The quantitative estimate of drug-likeness (QED) is 0.754. The second kappa shape index (κ2) is 7.46. The number of hydrogen-bond acceptors (Lipinski definition) is 3. The lowest BCUT2D eigenvalue weighted by molar-refractivity contribution is -0.0502. The summed E-state index contributed by atoms with van der Waals surface area (Å²) in [6, 6.07) is 0.795. The van der Waals surface area contributed by atoms with Crippen LogP contribution in [0.2, 0.25) is 0 Å². The van der Waals surface area contributed by atoms with Gasteiger partial charge in [0.25, 0.3) is 0 Å². The van der Waals surface area contributed by atoms with Crippen molar-refractivity contribution < 1.29 is 4.74 Å². The molecule has 1 unspecified atom stereocenters. The second-order valence-electron chi connectivity index (χ2n) is 5.91. The molecule has 0 aromatic heterocycles. The first-order chi connectivity index (χ1) is 8.83. The lowest BCUT2D eigenvalue weighted by Gasteiger charge is -2.44. The fraction of sp³-hybridized carbons (Fsp3) is 1.00. The van der Waals surface area contributed by atoms with Crippen LogP contribution >= 0.6 is 0 Å². The summed E-state index contributed by atoms with van der Waals surface area (Å²) >= 11 is 0. The Bertz CT molecular complexity index is 223. The fourth-order valence-electron chi connectivity index (χ4n) is 3.33. The standard InChI is InChI=1S/C15H30N2O/c1-3-8-17(12-13-6-5-7-16-11-13)14-9-15(10-14)18-4-2/h13-16H,3-12H2,1-2H3. The number of nitrogens with zero attached hydrogens (tertiary/aromatic N) is 1. The topological polar surface area (TPSA) is 24.5 Å². The summed E-state index contributed by atoms with van der Waals surface area (Å²) in [4.78, 5) is 2.73. The van der Waals surface area contributed by atoms with E-state index < -0.39 is 0 Å². The van der Waals surface area contributed by atoms with E-state index in [1.54, 1.807) is 0 Å². The SMILES string of the molecule is CCCN(CC1CCCNC1)C1CC(OCC)C1. The average Bonchev–Trinajstić information content (AvgIpc) is 2.34. The van der Waals surface area contributed by atoms with Crippen molar-refractivity contribution in [2.45, 2.75) is 58.1 Å². The molecule has 1 atom stereocenters. The minimum Gasteiger partial charge on any atom is -0.378 e. The third-order valence-electron chi connectivity index (χ3n) is 4.39. The van der Waals surface area contributed by atoms with Gasteiger partial charge in [0.2, 0.25) is 0 Å². The largest absolute Gasteiger partial charge is 0.378 e. The molecule has 0 aromatic carbocycles. The van der Waals surface area contributed by atoms with Crippen molar-refractivity contribution in [3.8, 4) is 0 Å². The normalized spacial score (nSPS) is 32.5. The maximum atomic E-state index is 5.69. The summed E-state index contributed by atoms with van der Waals surface area (Å²) < 4.78 is 5.69. The molecule has 2 rings (SSSR count). The van der Waals surface area contributed by atoms with Crippen LogP contribution in [0.1, 0.15) is 46.0 Å². The van der Waals surface area contributed by atoms with Crippen LogP contribution in [-0.4, -0.2) is 49.8 Å². The molecule has 0 spiro atoms. The number of piperidine rings is 1. The van der Waals surface area contributed by atoms with Crippen molar-refractivity contribution in [2.24, 2.45) is 5.92 Å². The van der Waals surface area contributed by atoms with Crippen LogP contribution in [0.5, 0.6) is 0 Å². The monoisotopic (exact) mass is 254 g/mol. The Morgan fingerprint density at radius 3 is 2.72 bits per heavy atom. The van der Waals surface area contributed by atoms with E-state index in [0.29, 0.717) is 6.10 Å². The molecule has 1 saturated carbocycles. The van der Waals surface area contributed by atoms with Crippen LogP contribution in [-0.2, 0) is 4.74 Å². The zero-order valence-electron chi connectivity index (χ0n) is 12.2. The van der Waals surface area contributed by atoms with Gasteiger partial charge in [-0.3, -0.25) is 4.90 Å². The van der Waals surface area contributed by atoms with E-state index in [2.05, 4.69) is 24.1 Å². The van der Waals surface area contributed by atoms with Crippen molar-refractivity contribution in [1.82, 2.24) is 10.2 Å². The maximum Gasteiger partial charge on any atom is 0.0604 e. The van der Waals surface area contributed by atoms with Gasteiger partial charge in [-0.15, -0.1) is 0 Å². The van der Waals surface area contributed by atoms with E-state index in [9.17, 15) is 0 Å². The zero-order chi connectivity index (χ0) is 12.8. The molecule has 1 saturated heterocycles. The van der Waals surface area contributed by atoms with Crippen LogP contribution in [0.25, 0.3) is 0 Å². The van der Waals surface area contributed by atoms with E-state index in [4.69, 9.17) is 4.74 Å². The lowest BCUT2D eigenvalue weighted by atomic mass is 9.86. The van der Waals surface area contributed by atoms with Gasteiger partial charge in [0.1, 0.15) is 0 Å². The minimum absolute atomic E-state index is 0.545. The van der Waals surface area contributed by atoms with Gasteiger partial charge in [-0.1, -0.05) is 6.92 Å². The summed E-state index contributed by atoms with van der Waals surface area (Å²) in [5.41, 5.74) is 0. The predicted molar refractivity (Wildman–Crippen MR) is 75.9 cm³/mol. The van der Waals surface area contributed by atoms with E-state index in [1.807, 2.05) is 0 Å². The Hall–Kier alpha value is -0.120. The van der Waals surface area contributed by atoms with E-state index in [1.165, 1.54) is 58.3 Å². The first kappa shape index (κ1) is 14.3. The predicted octanol–water partition coefficient (Wildman–Crippen LogP) is 2.27. The Labute approximate surface area is 112 Å². The molecule has 0 radical (unpaired) electrons. The Morgan fingerprint density at radius 1 is 1.28 bits per heavy atom. The first-order valence-electron chi connectivity index (χ1n) is 7.89. The number of ether oxygens (including phenoxy) is 1. The highest BCUT2D eigenvalue weighted by Crippen LogP contribution is 2.29. The minimum atomic E-state index is 0.545. The number of rotatable bonds is 7. The summed E-state index contributed by atoms with van der Waals surface area (Å²) in [5, 5.41) is 3.53. The summed E-state index contributed by atoms with van der Waals surface area (Å²) in [6.07, 6.45) is 7.10. The van der Waals surface area contributed by atoms with Crippen LogP contribution < -0.4 is 5.32 Å². The van der Waals surface area contributed by atoms with Gasteiger partial charge in [0.15, 0.2) is 0 Å². The molecule has 18 heavy (non-hydrogen) atoms. The zero-order valence-corrected chi connectivity index (χ0v) is 12.2. The first-order valence-corrected chi connectivity index (χ1v) is 7.89. The summed E-state index contributed by atoms with van der Waals surface area (Å²) in [7, 11) is 0. The van der Waals surface area contributed by atoms with E-state index in [0.717, 1.165) is 18.6 Å². The third-order valence-corrected chi connectivity index (χ3v) is 4.39. The van der Waals surface area contributed by atoms with Crippen molar-refractivity contribution in [3.63, 3.8) is 0 Å². The molecular weight excluding hydrogens is 224 g/mol. The van der Waals surface area contributed by atoms with Crippen molar-refractivity contribution in [3.05, 3.63) is 0 Å². The summed E-state index contributed by atoms with van der Waals surface area (Å²) in [5.74, 6) is 0.872. The van der Waals surface area contributed by atoms with Crippen LogP contribution in [0, 0.1) is 5.92 Å². The molecule has 1 aliphatic carbocycles. The fourth-order valence-corrected chi connectivity index (χ4v) is 3.33. The molecule has 0 amide bonds. The highest BCUT2D eigenvalue weighted by Gasteiger charge is 2.34. The molecular formula is C15H30N2O. The third kappa shape index (κ3) is 3.94. The number of nitrogens with one attached hydrogen (secondary N) is 1.